The van der Waals surface area contributed by atoms with E-state index in [0.717, 1.165) is 5.56 Å². The van der Waals surface area contributed by atoms with Crippen LogP contribution >= 0.6 is 0 Å². The van der Waals surface area contributed by atoms with Gasteiger partial charge in [0.25, 0.3) is 0 Å². The summed E-state index contributed by atoms with van der Waals surface area (Å²) in [5, 5.41) is 19.3. The number of hydrogen-bond donors (Lipinski definition) is 4. The third-order valence-electron chi connectivity index (χ3n) is 3.98. The summed E-state index contributed by atoms with van der Waals surface area (Å²) in [4.78, 5) is 16.0. The molecule has 0 bridgehead atoms. The zero-order valence-corrected chi connectivity index (χ0v) is 17.1. The van der Waals surface area contributed by atoms with E-state index in [1.807, 2.05) is 31.2 Å². The molecule has 7 heteroatoms. The number of hydrogen-bond acceptors (Lipinski definition) is 4. The van der Waals surface area contributed by atoms with Gasteiger partial charge in [-0.3, -0.25) is 4.79 Å². The maximum absolute atomic E-state index is 11.7. The van der Waals surface area contributed by atoms with E-state index in [9.17, 15) is 9.90 Å². The predicted octanol–water partition coefficient (Wildman–Crippen LogP) is 1.34. The smallest absolute Gasteiger partial charge is 0.241 e. The van der Waals surface area contributed by atoms with Gasteiger partial charge in [-0.2, -0.15) is 0 Å². The summed E-state index contributed by atoms with van der Waals surface area (Å²) in [6.45, 7) is 10.3. The van der Waals surface area contributed by atoms with E-state index in [-0.39, 0.29) is 17.9 Å². The molecule has 1 atom stereocenters. The minimum atomic E-state index is -0.668. The van der Waals surface area contributed by atoms with Crippen LogP contribution in [0.5, 0.6) is 0 Å². The number of aliphatic imine (C=N–C) groups is 1. The number of aliphatic hydroxyl groups excluding tert-OH is 1. The SMILES string of the molecule is CCNC(=NCC(=O)NCCOC)NCC(O)c1ccc(C(C)(C)C)cc1. The second-order valence-corrected chi connectivity index (χ2v) is 7.31. The zero-order valence-electron chi connectivity index (χ0n) is 17.1. The fourth-order valence-corrected chi connectivity index (χ4v) is 2.36. The summed E-state index contributed by atoms with van der Waals surface area (Å²) in [5.74, 6) is 0.312. The molecule has 0 radical (unpaired) electrons. The van der Waals surface area contributed by atoms with Gasteiger partial charge in [-0.15, -0.1) is 0 Å². The Morgan fingerprint density at radius 2 is 1.85 bits per heavy atom. The highest BCUT2D eigenvalue weighted by molar-refractivity contribution is 5.84. The Morgan fingerprint density at radius 3 is 2.41 bits per heavy atom. The summed E-state index contributed by atoms with van der Waals surface area (Å²) < 4.78 is 4.89. The van der Waals surface area contributed by atoms with Crippen molar-refractivity contribution in [3.05, 3.63) is 35.4 Å². The fraction of sp³-hybridized carbons (Fsp3) is 0.600. The highest BCUT2D eigenvalue weighted by atomic mass is 16.5. The Bertz CT molecular complexity index is 594. The molecule has 0 heterocycles. The van der Waals surface area contributed by atoms with Gasteiger partial charge in [0, 0.05) is 26.7 Å². The average molecular weight is 379 g/mol. The quantitative estimate of drug-likeness (QED) is 0.295. The molecule has 1 aromatic rings. The largest absolute Gasteiger partial charge is 0.387 e. The summed E-state index contributed by atoms with van der Waals surface area (Å²) >= 11 is 0. The van der Waals surface area contributed by atoms with Crippen molar-refractivity contribution in [1.82, 2.24) is 16.0 Å². The van der Waals surface area contributed by atoms with Crippen molar-refractivity contribution < 1.29 is 14.6 Å². The lowest BCUT2D eigenvalue weighted by atomic mass is 9.86. The Balaban J connectivity index is 2.57. The molecule has 1 rings (SSSR count). The highest BCUT2D eigenvalue weighted by Crippen LogP contribution is 2.23. The molecule has 0 aliphatic carbocycles. The molecular formula is C20H34N4O3. The molecule has 0 aromatic heterocycles. The van der Waals surface area contributed by atoms with Gasteiger partial charge in [-0.05, 0) is 23.5 Å². The molecule has 7 nitrogen and oxygen atoms in total. The number of aliphatic hydroxyl groups is 1. The minimum Gasteiger partial charge on any atom is -0.387 e. The molecule has 0 aliphatic heterocycles. The molecule has 0 saturated carbocycles. The second-order valence-electron chi connectivity index (χ2n) is 7.31. The second kappa shape index (κ2) is 11.6. The minimum absolute atomic E-state index is 0.00935. The van der Waals surface area contributed by atoms with E-state index in [1.165, 1.54) is 5.56 Å². The van der Waals surface area contributed by atoms with Crippen LogP contribution in [-0.2, 0) is 14.9 Å². The highest BCUT2D eigenvalue weighted by Gasteiger charge is 2.15. The van der Waals surface area contributed by atoms with Gasteiger partial charge < -0.3 is 25.8 Å². The summed E-state index contributed by atoms with van der Waals surface area (Å²) in [6, 6.07) is 7.98. The van der Waals surface area contributed by atoms with Crippen LogP contribution < -0.4 is 16.0 Å². The molecule has 0 saturated heterocycles. The number of amides is 1. The molecular weight excluding hydrogens is 344 g/mol. The normalized spacial score (nSPS) is 13.2. The lowest BCUT2D eigenvalue weighted by Gasteiger charge is -2.20. The van der Waals surface area contributed by atoms with Crippen LogP contribution in [0.25, 0.3) is 0 Å². The fourth-order valence-electron chi connectivity index (χ4n) is 2.36. The van der Waals surface area contributed by atoms with E-state index in [1.54, 1.807) is 7.11 Å². The molecule has 0 aliphatic rings. The molecule has 1 aromatic carbocycles. The Hall–Kier alpha value is -2.12. The van der Waals surface area contributed by atoms with Crippen molar-refractivity contribution in [2.24, 2.45) is 4.99 Å². The Labute approximate surface area is 162 Å². The number of carbonyl (C=O) groups is 1. The number of nitrogens with one attached hydrogen (secondary N) is 3. The van der Waals surface area contributed by atoms with E-state index in [4.69, 9.17) is 4.74 Å². The molecule has 1 amide bonds. The number of ether oxygens (including phenoxy) is 1. The molecule has 0 fully saturated rings. The summed E-state index contributed by atoms with van der Waals surface area (Å²) in [7, 11) is 1.58. The lowest BCUT2D eigenvalue weighted by molar-refractivity contribution is -0.119. The van der Waals surface area contributed by atoms with Gasteiger partial charge in [0.05, 0.1) is 12.7 Å². The summed E-state index contributed by atoms with van der Waals surface area (Å²) in [5.41, 5.74) is 2.14. The van der Waals surface area contributed by atoms with Gasteiger partial charge in [0.2, 0.25) is 5.91 Å². The first-order chi connectivity index (χ1) is 12.8. The van der Waals surface area contributed by atoms with Crippen LogP contribution in [0.4, 0.5) is 0 Å². The first-order valence-electron chi connectivity index (χ1n) is 9.34. The van der Waals surface area contributed by atoms with Crippen LogP contribution in [0.15, 0.2) is 29.3 Å². The van der Waals surface area contributed by atoms with Crippen LogP contribution in [0.2, 0.25) is 0 Å². The van der Waals surface area contributed by atoms with Crippen LogP contribution in [-0.4, -0.2) is 56.9 Å². The first-order valence-corrected chi connectivity index (χ1v) is 9.34. The van der Waals surface area contributed by atoms with Crippen molar-refractivity contribution in [2.45, 2.75) is 39.2 Å². The number of carbonyl (C=O) groups excluding carboxylic acids is 1. The number of methoxy groups -OCH3 is 1. The number of guanidine groups is 1. The molecule has 27 heavy (non-hydrogen) atoms. The topological polar surface area (TPSA) is 95.0 Å². The van der Waals surface area contributed by atoms with E-state index < -0.39 is 6.10 Å². The maximum atomic E-state index is 11.7. The maximum Gasteiger partial charge on any atom is 0.241 e. The van der Waals surface area contributed by atoms with Crippen LogP contribution in [0, 0.1) is 0 Å². The van der Waals surface area contributed by atoms with Crippen molar-refractivity contribution in [1.29, 1.82) is 0 Å². The van der Waals surface area contributed by atoms with Crippen molar-refractivity contribution in [2.75, 3.05) is 39.9 Å². The van der Waals surface area contributed by atoms with Crippen LogP contribution in [0.1, 0.15) is 44.9 Å². The van der Waals surface area contributed by atoms with E-state index in [0.29, 0.717) is 32.2 Å². The molecule has 0 spiro atoms. The number of nitrogens with zero attached hydrogens (tertiary/aromatic N) is 1. The van der Waals surface area contributed by atoms with Crippen molar-refractivity contribution >= 4 is 11.9 Å². The van der Waals surface area contributed by atoms with Gasteiger partial charge in [-0.25, -0.2) is 4.99 Å². The van der Waals surface area contributed by atoms with Gasteiger partial charge in [0.1, 0.15) is 6.54 Å². The third-order valence-corrected chi connectivity index (χ3v) is 3.98. The first kappa shape index (κ1) is 22.9. The van der Waals surface area contributed by atoms with Crippen LogP contribution in [0.3, 0.4) is 0 Å². The van der Waals surface area contributed by atoms with Gasteiger partial charge in [0.15, 0.2) is 5.96 Å². The summed E-state index contributed by atoms with van der Waals surface area (Å²) in [6.07, 6.45) is -0.668. The molecule has 4 N–H and O–H groups in total. The number of benzene rings is 1. The molecule has 1 unspecified atom stereocenters. The lowest BCUT2D eigenvalue weighted by Crippen LogP contribution is -2.40. The van der Waals surface area contributed by atoms with E-state index in [2.05, 4.69) is 41.7 Å². The monoisotopic (exact) mass is 378 g/mol. The standard InChI is InChI=1S/C20H34N4O3/c1-6-21-19(24-14-18(26)22-11-12-27-5)23-13-17(25)15-7-9-16(10-8-15)20(2,3)4/h7-10,17,25H,6,11-14H2,1-5H3,(H,22,26)(H2,21,23,24). The Kier molecular flexibility index (Phi) is 9.82. The average Bonchev–Trinajstić information content (AvgIpc) is 2.63. The Morgan fingerprint density at radius 1 is 1.19 bits per heavy atom. The zero-order chi connectivity index (χ0) is 20.3. The van der Waals surface area contributed by atoms with Gasteiger partial charge >= 0.3 is 0 Å². The third kappa shape index (κ3) is 8.88. The molecule has 152 valence electrons. The van der Waals surface area contributed by atoms with E-state index >= 15 is 0 Å². The van der Waals surface area contributed by atoms with Crippen molar-refractivity contribution in [3.63, 3.8) is 0 Å². The number of rotatable bonds is 9. The van der Waals surface area contributed by atoms with Crippen molar-refractivity contribution in [3.8, 4) is 0 Å². The van der Waals surface area contributed by atoms with Gasteiger partial charge in [-0.1, -0.05) is 45.0 Å². The predicted molar refractivity (Wildman–Crippen MR) is 109 cm³/mol.